The molecule has 0 unspecified atom stereocenters. The topological polar surface area (TPSA) is 32.3 Å². The Hall–Kier alpha value is -0.540. The van der Waals surface area contributed by atoms with E-state index in [0.717, 1.165) is 41.0 Å². The number of hydrogen-bond acceptors (Lipinski definition) is 2. The summed E-state index contributed by atoms with van der Waals surface area (Å²) < 4.78 is 1.14. The summed E-state index contributed by atoms with van der Waals surface area (Å²) in [7, 11) is 0. The second kappa shape index (κ2) is 5.40. The molecule has 0 aliphatic carbocycles. The van der Waals surface area contributed by atoms with Gasteiger partial charge in [0.05, 0.1) is 0 Å². The van der Waals surface area contributed by atoms with Gasteiger partial charge in [-0.3, -0.25) is 0 Å². The van der Waals surface area contributed by atoms with Gasteiger partial charge in [-0.05, 0) is 74.9 Å². The zero-order valence-electron chi connectivity index (χ0n) is 10.5. The molecular formula is C14H20BrNO. The van der Waals surface area contributed by atoms with E-state index in [1.165, 1.54) is 18.4 Å². The third-order valence-electron chi connectivity index (χ3n) is 3.76. The van der Waals surface area contributed by atoms with E-state index in [1.54, 1.807) is 0 Å². The van der Waals surface area contributed by atoms with E-state index >= 15 is 0 Å². The van der Waals surface area contributed by atoms with Gasteiger partial charge in [-0.15, -0.1) is 0 Å². The molecule has 0 radical (unpaired) electrons. The predicted octanol–water partition coefficient (Wildman–Crippen LogP) is 3.31. The smallest absolute Gasteiger partial charge is 0.121 e. The highest BCUT2D eigenvalue weighted by atomic mass is 79.9. The predicted molar refractivity (Wildman–Crippen MR) is 74.6 cm³/mol. The normalized spacial score (nSPS) is 17.4. The Morgan fingerprint density at radius 1 is 1.35 bits per heavy atom. The molecule has 1 aromatic rings. The number of benzene rings is 1. The highest BCUT2D eigenvalue weighted by Crippen LogP contribution is 2.33. The molecule has 3 heteroatoms. The number of aryl methyl sites for hydroxylation is 1. The van der Waals surface area contributed by atoms with Gasteiger partial charge in [-0.1, -0.05) is 15.9 Å². The molecule has 1 heterocycles. The SMILES string of the molecule is Cc1cc(Br)c(CC2CCNCC2)c(C)c1O. The van der Waals surface area contributed by atoms with Crippen molar-refractivity contribution in [1.29, 1.82) is 0 Å². The van der Waals surface area contributed by atoms with Gasteiger partial charge in [0.2, 0.25) is 0 Å². The lowest BCUT2D eigenvalue weighted by Crippen LogP contribution is -2.28. The van der Waals surface area contributed by atoms with Crippen LogP contribution in [0.4, 0.5) is 0 Å². The van der Waals surface area contributed by atoms with E-state index in [-0.39, 0.29) is 0 Å². The molecular weight excluding hydrogens is 278 g/mol. The van der Waals surface area contributed by atoms with Gasteiger partial charge in [-0.25, -0.2) is 0 Å². The zero-order chi connectivity index (χ0) is 12.4. The Kier molecular flexibility index (Phi) is 4.10. The molecule has 1 saturated heterocycles. The van der Waals surface area contributed by atoms with Gasteiger partial charge >= 0.3 is 0 Å². The van der Waals surface area contributed by atoms with Gasteiger partial charge in [0, 0.05) is 4.47 Å². The highest BCUT2D eigenvalue weighted by molar-refractivity contribution is 9.10. The number of phenols is 1. The van der Waals surface area contributed by atoms with Gasteiger partial charge in [-0.2, -0.15) is 0 Å². The zero-order valence-corrected chi connectivity index (χ0v) is 12.1. The van der Waals surface area contributed by atoms with Crippen LogP contribution in [0.25, 0.3) is 0 Å². The summed E-state index contributed by atoms with van der Waals surface area (Å²) in [4.78, 5) is 0. The lowest BCUT2D eigenvalue weighted by Gasteiger charge is -2.24. The van der Waals surface area contributed by atoms with Crippen LogP contribution in [-0.2, 0) is 6.42 Å². The van der Waals surface area contributed by atoms with E-state index in [4.69, 9.17) is 0 Å². The van der Waals surface area contributed by atoms with Crippen molar-refractivity contribution in [3.05, 3.63) is 27.2 Å². The van der Waals surface area contributed by atoms with Crippen LogP contribution in [0.3, 0.4) is 0 Å². The Labute approximate surface area is 112 Å². The van der Waals surface area contributed by atoms with E-state index in [1.807, 2.05) is 19.9 Å². The lowest BCUT2D eigenvalue weighted by molar-refractivity contribution is 0.371. The van der Waals surface area contributed by atoms with Crippen molar-refractivity contribution in [2.45, 2.75) is 33.1 Å². The van der Waals surface area contributed by atoms with Crippen LogP contribution in [0.2, 0.25) is 0 Å². The van der Waals surface area contributed by atoms with Crippen molar-refractivity contribution >= 4 is 15.9 Å². The molecule has 0 saturated carbocycles. The monoisotopic (exact) mass is 297 g/mol. The fourth-order valence-electron chi connectivity index (χ4n) is 2.59. The molecule has 2 rings (SSSR count). The number of hydrogen-bond donors (Lipinski definition) is 2. The molecule has 1 aliphatic heterocycles. The Bertz CT molecular complexity index is 411. The number of halogens is 1. The molecule has 17 heavy (non-hydrogen) atoms. The summed E-state index contributed by atoms with van der Waals surface area (Å²) in [6.45, 7) is 6.21. The first kappa shape index (κ1) is 12.9. The quantitative estimate of drug-likeness (QED) is 0.878. The van der Waals surface area contributed by atoms with Gasteiger partial charge in [0.15, 0.2) is 0 Å². The molecule has 1 fully saturated rings. The summed E-state index contributed by atoms with van der Waals surface area (Å²) in [6, 6.07) is 2.03. The first-order valence-corrected chi connectivity index (χ1v) is 7.07. The van der Waals surface area contributed by atoms with Crippen molar-refractivity contribution in [3.63, 3.8) is 0 Å². The summed E-state index contributed by atoms with van der Waals surface area (Å²) >= 11 is 3.63. The molecule has 1 aliphatic rings. The maximum atomic E-state index is 10.0. The van der Waals surface area contributed by atoms with Crippen LogP contribution in [0, 0.1) is 19.8 Å². The van der Waals surface area contributed by atoms with Gasteiger partial charge in [0.1, 0.15) is 5.75 Å². The van der Waals surface area contributed by atoms with Crippen LogP contribution in [0.5, 0.6) is 5.75 Å². The van der Waals surface area contributed by atoms with Gasteiger partial charge in [0.25, 0.3) is 0 Å². The van der Waals surface area contributed by atoms with E-state index in [9.17, 15) is 5.11 Å². The number of aromatic hydroxyl groups is 1. The molecule has 2 nitrogen and oxygen atoms in total. The van der Waals surface area contributed by atoms with Crippen molar-refractivity contribution in [1.82, 2.24) is 5.32 Å². The number of piperidine rings is 1. The van der Waals surface area contributed by atoms with Crippen LogP contribution >= 0.6 is 15.9 Å². The van der Waals surface area contributed by atoms with Crippen molar-refractivity contribution in [2.24, 2.45) is 5.92 Å². The summed E-state index contributed by atoms with van der Waals surface area (Å²) in [5, 5.41) is 13.4. The second-order valence-electron chi connectivity index (χ2n) is 5.02. The molecule has 0 atom stereocenters. The fourth-order valence-corrected chi connectivity index (χ4v) is 3.39. The maximum absolute atomic E-state index is 10.0. The van der Waals surface area contributed by atoms with E-state index in [0.29, 0.717) is 5.75 Å². The Morgan fingerprint density at radius 2 is 2.00 bits per heavy atom. The minimum atomic E-state index is 0.456. The molecule has 0 bridgehead atoms. The number of phenolic OH excluding ortho intramolecular Hbond substituents is 1. The van der Waals surface area contributed by atoms with E-state index < -0.39 is 0 Å². The van der Waals surface area contributed by atoms with Crippen LogP contribution in [-0.4, -0.2) is 18.2 Å². The largest absolute Gasteiger partial charge is 0.507 e. The minimum absolute atomic E-state index is 0.456. The van der Waals surface area contributed by atoms with Crippen LogP contribution in [0.15, 0.2) is 10.5 Å². The van der Waals surface area contributed by atoms with Crippen molar-refractivity contribution in [3.8, 4) is 5.75 Å². The van der Waals surface area contributed by atoms with Crippen molar-refractivity contribution in [2.75, 3.05) is 13.1 Å². The molecule has 1 aromatic carbocycles. The minimum Gasteiger partial charge on any atom is -0.507 e. The maximum Gasteiger partial charge on any atom is 0.121 e. The number of rotatable bonds is 2. The second-order valence-corrected chi connectivity index (χ2v) is 5.88. The molecule has 94 valence electrons. The Morgan fingerprint density at radius 3 is 2.65 bits per heavy atom. The van der Waals surface area contributed by atoms with Crippen LogP contribution in [0.1, 0.15) is 29.5 Å². The fraction of sp³-hybridized carbons (Fsp3) is 0.571. The molecule has 0 spiro atoms. The number of nitrogens with one attached hydrogen (secondary N) is 1. The summed E-state index contributed by atoms with van der Waals surface area (Å²) in [5.74, 6) is 1.20. The highest BCUT2D eigenvalue weighted by Gasteiger charge is 2.18. The average molecular weight is 298 g/mol. The standard InChI is InChI=1S/C14H20BrNO/c1-9-7-13(15)12(10(2)14(9)17)8-11-3-5-16-6-4-11/h7,11,16-17H,3-6,8H2,1-2H3. The summed E-state index contributed by atoms with van der Waals surface area (Å²) in [6.07, 6.45) is 3.54. The van der Waals surface area contributed by atoms with E-state index in [2.05, 4.69) is 21.2 Å². The molecule has 0 amide bonds. The van der Waals surface area contributed by atoms with Crippen molar-refractivity contribution < 1.29 is 5.11 Å². The average Bonchev–Trinajstić information content (AvgIpc) is 2.33. The third kappa shape index (κ3) is 2.83. The summed E-state index contributed by atoms with van der Waals surface area (Å²) in [5.41, 5.74) is 3.26. The molecule has 0 aromatic heterocycles. The molecule has 2 N–H and O–H groups in total. The lowest BCUT2D eigenvalue weighted by atomic mass is 9.88. The first-order valence-electron chi connectivity index (χ1n) is 6.28. The first-order chi connectivity index (χ1) is 8.09. The third-order valence-corrected chi connectivity index (χ3v) is 4.47. The van der Waals surface area contributed by atoms with Crippen LogP contribution < -0.4 is 5.32 Å². The Balaban J connectivity index is 2.22. The van der Waals surface area contributed by atoms with Gasteiger partial charge < -0.3 is 10.4 Å².